The van der Waals surface area contributed by atoms with Crippen molar-refractivity contribution in [1.29, 1.82) is 0 Å². The first-order valence-corrected chi connectivity index (χ1v) is 5.36. The van der Waals surface area contributed by atoms with E-state index in [2.05, 4.69) is 25.8 Å². The molecule has 2 fully saturated rings. The van der Waals surface area contributed by atoms with Gasteiger partial charge in [0.25, 0.3) is 0 Å². The number of hydrogen-bond donors (Lipinski definition) is 0. The molecule has 2 aliphatic heterocycles. The maximum atomic E-state index is 2.62. The van der Waals surface area contributed by atoms with E-state index in [0.29, 0.717) is 5.41 Å². The van der Waals surface area contributed by atoms with Crippen LogP contribution in [0.15, 0.2) is 0 Å². The Labute approximate surface area is 76.1 Å². The summed E-state index contributed by atoms with van der Waals surface area (Å²) < 4.78 is 0. The zero-order valence-corrected chi connectivity index (χ0v) is 8.64. The normalized spacial score (nSPS) is 48.2. The Hall–Kier alpha value is -0.0400. The van der Waals surface area contributed by atoms with Gasteiger partial charge in [-0.2, -0.15) is 0 Å². The van der Waals surface area contributed by atoms with Gasteiger partial charge in [0.1, 0.15) is 0 Å². The van der Waals surface area contributed by atoms with Gasteiger partial charge in [-0.25, -0.2) is 0 Å². The van der Waals surface area contributed by atoms with Crippen molar-refractivity contribution in [2.75, 3.05) is 7.05 Å². The van der Waals surface area contributed by atoms with E-state index in [1.165, 1.54) is 32.1 Å². The molecular formula is C11H21N. The summed E-state index contributed by atoms with van der Waals surface area (Å²) in [5, 5.41) is 0. The second-order valence-electron chi connectivity index (χ2n) is 5.12. The first kappa shape index (κ1) is 8.55. The second kappa shape index (κ2) is 2.73. The standard InChI is InChI=1S/C11H21N/c1-4-11(2)7-9-5-6-10(8-11)12(9)3/h9-10H,4-8H2,1-3H3/t9-,10+,11+. The van der Waals surface area contributed by atoms with Crippen LogP contribution < -0.4 is 0 Å². The van der Waals surface area contributed by atoms with Crippen molar-refractivity contribution in [3.8, 4) is 0 Å². The highest BCUT2D eigenvalue weighted by molar-refractivity contribution is 4.97. The number of rotatable bonds is 1. The summed E-state index contributed by atoms with van der Waals surface area (Å²) in [6.07, 6.45) is 7.16. The van der Waals surface area contributed by atoms with Crippen LogP contribution in [-0.2, 0) is 0 Å². The van der Waals surface area contributed by atoms with Crippen molar-refractivity contribution < 1.29 is 0 Å². The van der Waals surface area contributed by atoms with E-state index >= 15 is 0 Å². The first-order valence-electron chi connectivity index (χ1n) is 5.36. The van der Waals surface area contributed by atoms with Crippen LogP contribution in [0.5, 0.6) is 0 Å². The van der Waals surface area contributed by atoms with Crippen LogP contribution >= 0.6 is 0 Å². The average molecular weight is 167 g/mol. The fourth-order valence-corrected chi connectivity index (χ4v) is 3.09. The predicted octanol–water partition coefficient (Wildman–Crippen LogP) is 2.66. The number of piperidine rings is 1. The van der Waals surface area contributed by atoms with Crippen LogP contribution in [0.2, 0.25) is 0 Å². The number of nitrogens with zero attached hydrogens (tertiary/aromatic N) is 1. The maximum absolute atomic E-state index is 2.62. The minimum atomic E-state index is 0.665. The van der Waals surface area contributed by atoms with Gasteiger partial charge in [-0.1, -0.05) is 20.3 Å². The average Bonchev–Trinajstić information content (AvgIpc) is 2.32. The van der Waals surface area contributed by atoms with Crippen LogP contribution in [0.1, 0.15) is 46.0 Å². The Kier molecular flexibility index (Phi) is 1.95. The van der Waals surface area contributed by atoms with Crippen molar-refractivity contribution in [3.05, 3.63) is 0 Å². The van der Waals surface area contributed by atoms with Gasteiger partial charge in [0.2, 0.25) is 0 Å². The minimum Gasteiger partial charge on any atom is -0.300 e. The SMILES string of the molecule is CC[C@@]1(C)C[C@H]2CC[C@@H](C1)N2C. The van der Waals surface area contributed by atoms with Crippen LogP contribution in [0.25, 0.3) is 0 Å². The van der Waals surface area contributed by atoms with Crippen LogP contribution in [-0.4, -0.2) is 24.0 Å². The smallest absolute Gasteiger partial charge is 0.0101 e. The Bertz CT molecular complexity index is 162. The summed E-state index contributed by atoms with van der Waals surface area (Å²) in [5.41, 5.74) is 0.665. The fraction of sp³-hybridized carbons (Fsp3) is 1.00. The van der Waals surface area contributed by atoms with Gasteiger partial charge in [0.05, 0.1) is 0 Å². The highest BCUT2D eigenvalue weighted by atomic mass is 15.2. The van der Waals surface area contributed by atoms with E-state index in [1.54, 1.807) is 0 Å². The molecule has 0 aliphatic carbocycles. The molecule has 0 aromatic carbocycles. The van der Waals surface area contributed by atoms with E-state index < -0.39 is 0 Å². The topological polar surface area (TPSA) is 3.24 Å². The molecule has 0 N–H and O–H groups in total. The number of hydrogen-bond acceptors (Lipinski definition) is 1. The second-order valence-corrected chi connectivity index (χ2v) is 5.12. The van der Waals surface area contributed by atoms with Crippen molar-refractivity contribution in [1.82, 2.24) is 4.90 Å². The van der Waals surface area contributed by atoms with E-state index in [9.17, 15) is 0 Å². The highest BCUT2D eigenvalue weighted by Crippen LogP contribution is 2.46. The molecule has 3 atom stereocenters. The lowest BCUT2D eigenvalue weighted by atomic mass is 9.75. The van der Waals surface area contributed by atoms with Gasteiger partial charge in [-0.05, 0) is 38.1 Å². The van der Waals surface area contributed by atoms with Gasteiger partial charge in [0.15, 0.2) is 0 Å². The lowest BCUT2D eigenvalue weighted by Crippen LogP contribution is -2.44. The Morgan fingerprint density at radius 2 is 1.75 bits per heavy atom. The summed E-state index contributed by atoms with van der Waals surface area (Å²) in [7, 11) is 2.32. The van der Waals surface area contributed by atoms with Crippen LogP contribution in [0.3, 0.4) is 0 Å². The molecule has 12 heavy (non-hydrogen) atoms. The molecule has 2 aliphatic rings. The van der Waals surface area contributed by atoms with Crippen LogP contribution in [0.4, 0.5) is 0 Å². The third-order valence-electron chi connectivity index (χ3n) is 4.30. The predicted molar refractivity (Wildman–Crippen MR) is 52.2 cm³/mol. The summed E-state index contributed by atoms with van der Waals surface area (Å²) in [4.78, 5) is 2.62. The van der Waals surface area contributed by atoms with Gasteiger partial charge in [0, 0.05) is 12.1 Å². The maximum Gasteiger partial charge on any atom is 0.0101 e. The third kappa shape index (κ3) is 1.19. The quantitative estimate of drug-likeness (QED) is 0.580. The summed E-state index contributed by atoms with van der Waals surface area (Å²) in [6.45, 7) is 4.83. The lowest BCUT2D eigenvalue weighted by Gasteiger charge is -2.43. The molecule has 2 saturated heterocycles. The lowest BCUT2D eigenvalue weighted by molar-refractivity contribution is 0.0702. The molecule has 1 heteroatoms. The van der Waals surface area contributed by atoms with Crippen molar-refractivity contribution >= 4 is 0 Å². The van der Waals surface area contributed by atoms with E-state index in [0.717, 1.165) is 12.1 Å². The van der Waals surface area contributed by atoms with E-state index in [-0.39, 0.29) is 0 Å². The molecule has 0 amide bonds. The van der Waals surface area contributed by atoms with Crippen molar-refractivity contribution in [3.63, 3.8) is 0 Å². The first-order chi connectivity index (χ1) is 5.64. The highest BCUT2D eigenvalue weighted by Gasteiger charge is 2.43. The van der Waals surface area contributed by atoms with Gasteiger partial charge < -0.3 is 4.90 Å². The van der Waals surface area contributed by atoms with Gasteiger partial charge >= 0.3 is 0 Å². The molecule has 70 valence electrons. The zero-order valence-electron chi connectivity index (χ0n) is 8.64. The van der Waals surface area contributed by atoms with E-state index in [4.69, 9.17) is 0 Å². The zero-order chi connectivity index (χ0) is 8.77. The molecular weight excluding hydrogens is 146 g/mol. The minimum absolute atomic E-state index is 0.665. The molecule has 0 unspecified atom stereocenters. The van der Waals surface area contributed by atoms with Crippen molar-refractivity contribution in [2.24, 2.45) is 5.41 Å². The molecule has 0 saturated carbocycles. The summed E-state index contributed by atoms with van der Waals surface area (Å²) in [6, 6.07) is 1.82. The molecule has 0 spiro atoms. The molecule has 2 bridgehead atoms. The third-order valence-corrected chi connectivity index (χ3v) is 4.30. The van der Waals surface area contributed by atoms with Gasteiger partial charge in [-0.3, -0.25) is 0 Å². The summed E-state index contributed by atoms with van der Waals surface area (Å²) >= 11 is 0. The largest absolute Gasteiger partial charge is 0.300 e. The fourth-order valence-electron chi connectivity index (χ4n) is 3.09. The Morgan fingerprint density at radius 3 is 2.17 bits per heavy atom. The molecule has 0 aromatic rings. The Balaban J connectivity index is 2.12. The van der Waals surface area contributed by atoms with Crippen LogP contribution in [0, 0.1) is 5.41 Å². The molecule has 1 nitrogen and oxygen atoms in total. The van der Waals surface area contributed by atoms with Gasteiger partial charge in [-0.15, -0.1) is 0 Å². The molecule has 0 radical (unpaired) electrons. The monoisotopic (exact) mass is 167 g/mol. The molecule has 2 heterocycles. The number of fused-ring (bicyclic) bond motifs is 2. The summed E-state index contributed by atoms with van der Waals surface area (Å²) in [5.74, 6) is 0. The Morgan fingerprint density at radius 1 is 1.25 bits per heavy atom. The van der Waals surface area contributed by atoms with E-state index in [1.807, 2.05) is 0 Å². The molecule has 0 aromatic heterocycles. The molecule has 2 rings (SSSR count). The van der Waals surface area contributed by atoms with Crippen molar-refractivity contribution in [2.45, 2.75) is 58.0 Å².